The first-order valence-corrected chi connectivity index (χ1v) is 4.99. The smallest absolute Gasteiger partial charge is 0.321 e. The Balaban J connectivity index is 0.00000225. The number of carboxylic acids is 1. The minimum absolute atomic E-state index is 0. The maximum absolute atomic E-state index is 10.8. The fraction of sp³-hybridized carbons (Fsp3) is 0.417. The van der Waals surface area contributed by atoms with E-state index in [1.165, 1.54) is 0 Å². The van der Waals surface area contributed by atoms with Gasteiger partial charge < -0.3 is 10.8 Å². The number of benzene rings is 1. The van der Waals surface area contributed by atoms with Crippen LogP contribution in [0.4, 0.5) is 0 Å². The number of hydrogen-bond donors (Lipinski definition) is 2. The summed E-state index contributed by atoms with van der Waals surface area (Å²) in [7, 11) is 0. The molecule has 0 fully saturated rings. The van der Waals surface area contributed by atoms with Gasteiger partial charge in [-0.05, 0) is 30.5 Å². The standard InChI is InChI=1S/C12H17NO2.ClH/c1-7-5-4-6-8(2)10(7)9(3)11(13)12(14)15;/h4-6,9,11H,13H2,1-3H3,(H,14,15);1H/t9-,11+;/m0./s1. The van der Waals surface area contributed by atoms with Crippen LogP contribution in [0.2, 0.25) is 0 Å². The number of aliphatic carboxylic acids is 1. The van der Waals surface area contributed by atoms with E-state index in [0.717, 1.165) is 16.7 Å². The van der Waals surface area contributed by atoms with E-state index in [4.69, 9.17) is 10.8 Å². The SMILES string of the molecule is Cc1cccc(C)c1[C@H](C)[C@@H](N)C(=O)O.Cl. The normalized spacial score (nSPS) is 13.8. The maximum Gasteiger partial charge on any atom is 0.321 e. The van der Waals surface area contributed by atoms with Crippen molar-refractivity contribution < 1.29 is 9.90 Å². The summed E-state index contributed by atoms with van der Waals surface area (Å²) >= 11 is 0. The van der Waals surface area contributed by atoms with Gasteiger partial charge in [0.1, 0.15) is 6.04 Å². The fourth-order valence-electron chi connectivity index (χ4n) is 1.94. The molecule has 3 N–H and O–H groups in total. The molecule has 2 atom stereocenters. The quantitative estimate of drug-likeness (QED) is 0.856. The molecule has 16 heavy (non-hydrogen) atoms. The predicted molar refractivity (Wildman–Crippen MR) is 67.2 cm³/mol. The highest BCUT2D eigenvalue weighted by Gasteiger charge is 2.23. The van der Waals surface area contributed by atoms with E-state index in [0.29, 0.717) is 0 Å². The molecule has 0 aliphatic heterocycles. The zero-order valence-electron chi connectivity index (χ0n) is 9.73. The highest BCUT2D eigenvalue weighted by atomic mass is 35.5. The van der Waals surface area contributed by atoms with Crippen LogP contribution in [0, 0.1) is 13.8 Å². The lowest BCUT2D eigenvalue weighted by Gasteiger charge is -2.20. The topological polar surface area (TPSA) is 63.3 Å². The van der Waals surface area contributed by atoms with Gasteiger partial charge in [0.05, 0.1) is 0 Å². The summed E-state index contributed by atoms with van der Waals surface area (Å²) in [4.78, 5) is 10.8. The number of carbonyl (C=O) groups is 1. The Hall–Kier alpha value is -1.06. The Morgan fingerprint density at radius 3 is 2.12 bits per heavy atom. The molecule has 0 saturated heterocycles. The molecule has 0 saturated carbocycles. The lowest BCUT2D eigenvalue weighted by atomic mass is 9.87. The Labute approximate surface area is 102 Å². The van der Waals surface area contributed by atoms with Gasteiger partial charge >= 0.3 is 5.97 Å². The summed E-state index contributed by atoms with van der Waals surface area (Å²) in [6.45, 7) is 5.81. The molecule has 90 valence electrons. The molecule has 0 radical (unpaired) electrons. The molecule has 1 rings (SSSR count). The van der Waals surface area contributed by atoms with Crippen LogP contribution in [-0.4, -0.2) is 17.1 Å². The van der Waals surface area contributed by atoms with Crippen molar-refractivity contribution in [3.05, 3.63) is 34.9 Å². The maximum atomic E-state index is 10.8. The van der Waals surface area contributed by atoms with Gasteiger partial charge in [-0.1, -0.05) is 25.1 Å². The van der Waals surface area contributed by atoms with Crippen LogP contribution < -0.4 is 5.73 Å². The van der Waals surface area contributed by atoms with E-state index in [1.54, 1.807) is 0 Å². The van der Waals surface area contributed by atoms with Crippen molar-refractivity contribution in [3.63, 3.8) is 0 Å². The van der Waals surface area contributed by atoms with Gasteiger partial charge in [0.2, 0.25) is 0 Å². The monoisotopic (exact) mass is 243 g/mol. The first kappa shape index (κ1) is 14.9. The summed E-state index contributed by atoms with van der Waals surface area (Å²) < 4.78 is 0. The summed E-state index contributed by atoms with van der Waals surface area (Å²) in [6, 6.07) is 5.08. The van der Waals surface area contributed by atoms with E-state index in [-0.39, 0.29) is 18.3 Å². The van der Waals surface area contributed by atoms with Crippen molar-refractivity contribution in [2.45, 2.75) is 32.7 Å². The van der Waals surface area contributed by atoms with Crippen LogP contribution in [0.25, 0.3) is 0 Å². The number of hydrogen-bond acceptors (Lipinski definition) is 2. The van der Waals surface area contributed by atoms with Crippen molar-refractivity contribution in [3.8, 4) is 0 Å². The summed E-state index contributed by atoms with van der Waals surface area (Å²) in [5.74, 6) is -1.12. The van der Waals surface area contributed by atoms with Crippen LogP contribution in [-0.2, 0) is 4.79 Å². The number of nitrogens with two attached hydrogens (primary N) is 1. The second kappa shape index (κ2) is 5.87. The molecule has 1 aromatic rings. The van der Waals surface area contributed by atoms with Crippen LogP contribution in [0.3, 0.4) is 0 Å². The van der Waals surface area contributed by atoms with Gasteiger partial charge in [-0.15, -0.1) is 12.4 Å². The van der Waals surface area contributed by atoms with E-state index in [2.05, 4.69) is 0 Å². The average Bonchev–Trinajstić information content (AvgIpc) is 2.15. The predicted octanol–water partition coefficient (Wildman–Crippen LogP) is 2.24. The van der Waals surface area contributed by atoms with Gasteiger partial charge in [-0.3, -0.25) is 4.79 Å². The lowest BCUT2D eigenvalue weighted by Crippen LogP contribution is -2.35. The molecule has 0 unspecified atom stereocenters. The van der Waals surface area contributed by atoms with Crippen molar-refractivity contribution in [1.82, 2.24) is 0 Å². The molecule has 0 aliphatic carbocycles. The van der Waals surface area contributed by atoms with Crippen molar-refractivity contribution in [2.75, 3.05) is 0 Å². The fourth-order valence-corrected chi connectivity index (χ4v) is 1.94. The average molecular weight is 244 g/mol. The highest BCUT2D eigenvalue weighted by molar-refractivity contribution is 5.85. The van der Waals surface area contributed by atoms with Crippen LogP contribution in [0.15, 0.2) is 18.2 Å². The molecule has 4 heteroatoms. The first-order valence-electron chi connectivity index (χ1n) is 4.99. The third kappa shape index (κ3) is 2.97. The molecular weight excluding hydrogens is 226 g/mol. The number of halogens is 1. The Morgan fingerprint density at radius 2 is 1.75 bits per heavy atom. The van der Waals surface area contributed by atoms with Crippen LogP contribution in [0.5, 0.6) is 0 Å². The summed E-state index contributed by atoms with van der Waals surface area (Å²) in [5.41, 5.74) is 8.87. The summed E-state index contributed by atoms with van der Waals surface area (Å²) in [5, 5.41) is 8.87. The molecule has 0 amide bonds. The number of rotatable bonds is 3. The number of carboxylic acid groups (broad SMARTS) is 1. The minimum atomic E-state index is -0.954. The lowest BCUT2D eigenvalue weighted by molar-refractivity contribution is -0.139. The van der Waals surface area contributed by atoms with Gasteiger partial charge in [-0.25, -0.2) is 0 Å². The first-order chi connectivity index (χ1) is 6.95. The van der Waals surface area contributed by atoms with E-state index < -0.39 is 12.0 Å². The number of aryl methyl sites for hydroxylation is 2. The Bertz CT molecular complexity index is 359. The Kier molecular flexibility index (Phi) is 5.48. The summed E-state index contributed by atoms with van der Waals surface area (Å²) in [6.07, 6.45) is 0. The highest BCUT2D eigenvalue weighted by Crippen LogP contribution is 2.25. The van der Waals surface area contributed by atoms with E-state index >= 15 is 0 Å². The van der Waals surface area contributed by atoms with Crippen molar-refractivity contribution in [2.24, 2.45) is 5.73 Å². The molecule has 0 aliphatic rings. The molecule has 1 aromatic carbocycles. The molecule has 0 heterocycles. The van der Waals surface area contributed by atoms with Crippen LogP contribution >= 0.6 is 12.4 Å². The zero-order chi connectivity index (χ0) is 11.6. The minimum Gasteiger partial charge on any atom is -0.480 e. The van der Waals surface area contributed by atoms with E-state index in [1.807, 2.05) is 39.0 Å². The van der Waals surface area contributed by atoms with E-state index in [9.17, 15) is 4.79 Å². The second-order valence-corrected chi connectivity index (χ2v) is 3.96. The van der Waals surface area contributed by atoms with Crippen molar-refractivity contribution >= 4 is 18.4 Å². The van der Waals surface area contributed by atoms with Crippen LogP contribution in [0.1, 0.15) is 29.5 Å². The largest absolute Gasteiger partial charge is 0.480 e. The van der Waals surface area contributed by atoms with Gasteiger partial charge in [0.25, 0.3) is 0 Å². The van der Waals surface area contributed by atoms with Crippen molar-refractivity contribution in [1.29, 1.82) is 0 Å². The Morgan fingerprint density at radius 1 is 1.31 bits per heavy atom. The van der Waals surface area contributed by atoms with Gasteiger partial charge in [0, 0.05) is 5.92 Å². The molecular formula is C12H18ClNO2. The molecule has 0 spiro atoms. The zero-order valence-corrected chi connectivity index (χ0v) is 10.5. The molecule has 0 aromatic heterocycles. The third-order valence-corrected chi connectivity index (χ3v) is 2.82. The van der Waals surface area contributed by atoms with Gasteiger partial charge in [0.15, 0.2) is 0 Å². The molecule has 0 bridgehead atoms. The third-order valence-electron chi connectivity index (χ3n) is 2.82. The molecule has 3 nitrogen and oxygen atoms in total. The van der Waals surface area contributed by atoms with Gasteiger partial charge in [-0.2, -0.15) is 0 Å². The second-order valence-electron chi connectivity index (χ2n) is 3.96.